The molecular weight excluding hydrogens is 490 g/mol. The molecule has 4 N–H and O–H groups in total. The highest BCUT2D eigenvalue weighted by Gasteiger charge is 2.33. The van der Waals surface area contributed by atoms with Crippen molar-refractivity contribution in [1.82, 2.24) is 20.9 Å². The Kier molecular flexibility index (Phi) is 11.0. The lowest BCUT2D eigenvalue weighted by atomic mass is 9.91. The van der Waals surface area contributed by atoms with Crippen molar-refractivity contribution in [2.45, 2.75) is 52.1 Å². The molecule has 0 unspecified atom stereocenters. The number of ether oxygens (including phenoxy) is 1. The number of primary amides is 1. The number of unbranched alkanes of at least 4 members (excludes halogenated alkanes) is 1. The Morgan fingerprint density at radius 1 is 0.895 bits per heavy atom. The first-order valence-electron chi connectivity index (χ1n) is 12.3. The average Bonchev–Trinajstić information content (AvgIpc) is 2.86. The summed E-state index contributed by atoms with van der Waals surface area (Å²) in [6.07, 6.45) is 0.0106. The zero-order valence-electron chi connectivity index (χ0n) is 22.1. The maximum atomic E-state index is 13.3. The molecule has 0 saturated heterocycles. The zero-order valence-corrected chi connectivity index (χ0v) is 22.1. The fourth-order valence-electron chi connectivity index (χ4n) is 3.53. The van der Waals surface area contributed by atoms with Crippen LogP contribution in [0.1, 0.15) is 57.6 Å². The molecular formula is C27H35N5O6. The molecule has 0 aliphatic heterocycles. The number of hydrogen-bond acceptors (Lipinski definition) is 7. The van der Waals surface area contributed by atoms with E-state index in [9.17, 15) is 24.0 Å². The summed E-state index contributed by atoms with van der Waals surface area (Å²) in [5, 5.41) is 4.01. The second-order valence-corrected chi connectivity index (χ2v) is 9.50. The summed E-state index contributed by atoms with van der Waals surface area (Å²) in [6.45, 7) is 6.68. The van der Waals surface area contributed by atoms with Crippen LogP contribution in [0.5, 0.6) is 0 Å². The number of nitrogens with one attached hydrogen (secondary N) is 2. The van der Waals surface area contributed by atoms with E-state index in [4.69, 9.17) is 10.5 Å². The number of imide groups is 1. The van der Waals surface area contributed by atoms with Crippen LogP contribution in [0.25, 0.3) is 0 Å². The van der Waals surface area contributed by atoms with Crippen molar-refractivity contribution >= 4 is 29.7 Å². The first-order valence-corrected chi connectivity index (χ1v) is 12.3. The Morgan fingerprint density at radius 3 is 1.87 bits per heavy atom. The molecule has 204 valence electrons. The summed E-state index contributed by atoms with van der Waals surface area (Å²) < 4.78 is 5.07. The molecule has 0 atom stereocenters. The highest BCUT2D eigenvalue weighted by atomic mass is 16.6. The molecule has 2 aromatic rings. The maximum absolute atomic E-state index is 13.3. The van der Waals surface area contributed by atoms with E-state index < -0.39 is 41.2 Å². The van der Waals surface area contributed by atoms with Gasteiger partial charge in [0.15, 0.2) is 0 Å². The van der Waals surface area contributed by atoms with E-state index in [0.717, 1.165) is 21.3 Å². The molecule has 0 bridgehead atoms. The molecule has 2 aromatic carbocycles. The number of alkyl carbamates (subject to hydrolysis) is 1. The number of carbonyl (C=O) groups excluding carboxylic acids is 5. The molecule has 2 rings (SSSR count). The minimum atomic E-state index is -1.27. The fourth-order valence-corrected chi connectivity index (χ4v) is 3.53. The maximum Gasteiger partial charge on any atom is 0.414 e. The summed E-state index contributed by atoms with van der Waals surface area (Å²) in [7, 11) is 0. The fraction of sp³-hybridized carbons (Fsp3) is 0.370. The van der Waals surface area contributed by atoms with Crippen LogP contribution in [0.4, 0.5) is 4.79 Å². The topological polar surface area (TPSA) is 151 Å². The number of nitrogens with zero attached hydrogens (tertiary/aromatic N) is 2. The number of nitrogens with two attached hydrogens (primary N) is 1. The third kappa shape index (κ3) is 9.32. The van der Waals surface area contributed by atoms with Gasteiger partial charge in [0.2, 0.25) is 0 Å². The third-order valence-corrected chi connectivity index (χ3v) is 5.27. The molecule has 0 spiro atoms. The van der Waals surface area contributed by atoms with Crippen LogP contribution in [0.3, 0.4) is 0 Å². The molecule has 5 amide bonds. The molecule has 0 aliphatic rings. The average molecular weight is 526 g/mol. The van der Waals surface area contributed by atoms with E-state index in [1.54, 1.807) is 20.8 Å². The van der Waals surface area contributed by atoms with Gasteiger partial charge in [-0.2, -0.15) is 0 Å². The van der Waals surface area contributed by atoms with Gasteiger partial charge in [-0.15, -0.1) is 5.12 Å². The highest BCUT2D eigenvalue weighted by Crippen LogP contribution is 2.26. The largest absolute Gasteiger partial charge is 0.444 e. The monoisotopic (exact) mass is 525 g/mol. The van der Waals surface area contributed by atoms with Gasteiger partial charge in [0, 0.05) is 12.5 Å². The first kappa shape index (κ1) is 30.0. The molecule has 0 aliphatic carbocycles. The van der Waals surface area contributed by atoms with Gasteiger partial charge < -0.3 is 10.5 Å². The SMILES string of the molecule is CCCCN(C(=O)C(=O)NC(=O)OC(C)(C)C)N(CC(c1ccccc1)c1ccccc1)NC(=O)C(N)=O. The Hall–Kier alpha value is -4.25. The van der Waals surface area contributed by atoms with E-state index in [2.05, 4.69) is 5.43 Å². The van der Waals surface area contributed by atoms with Crippen LogP contribution in [0.2, 0.25) is 0 Å². The minimum absolute atomic E-state index is 0.00636. The Labute approximate surface area is 222 Å². The van der Waals surface area contributed by atoms with Crippen molar-refractivity contribution in [2.24, 2.45) is 5.73 Å². The Balaban J connectivity index is 2.46. The van der Waals surface area contributed by atoms with E-state index in [1.165, 1.54) is 0 Å². The van der Waals surface area contributed by atoms with Crippen molar-refractivity contribution in [3.8, 4) is 0 Å². The quantitative estimate of drug-likeness (QED) is 0.335. The minimum Gasteiger partial charge on any atom is -0.444 e. The van der Waals surface area contributed by atoms with Gasteiger partial charge in [-0.25, -0.2) is 9.80 Å². The van der Waals surface area contributed by atoms with Crippen LogP contribution in [-0.4, -0.2) is 58.5 Å². The summed E-state index contributed by atoms with van der Waals surface area (Å²) in [6, 6.07) is 18.7. The van der Waals surface area contributed by atoms with Gasteiger partial charge in [-0.05, 0) is 38.3 Å². The van der Waals surface area contributed by atoms with Gasteiger partial charge in [-0.1, -0.05) is 74.0 Å². The van der Waals surface area contributed by atoms with E-state index in [-0.39, 0.29) is 13.1 Å². The summed E-state index contributed by atoms with van der Waals surface area (Å²) in [5.74, 6) is -5.23. The van der Waals surface area contributed by atoms with Crippen LogP contribution < -0.4 is 16.5 Å². The first-order chi connectivity index (χ1) is 17.9. The number of hydrogen-bond donors (Lipinski definition) is 3. The van der Waals surface area contributed by atoms with Crippen molar-refractivity contribution in [2.75, 3.05) is 13.1 Å². The van der Waals surface area contributed by atoms with Crippen LogP contribution in [-0.2, 0) is 23.9 Å². The molecule has 0 saturated carbocycles. The van der Waals surface area contributed by atoms with Gasteiger partial charge >= 0.3 is 29.7 Å². The van der Waals surface area contributed by atoms with Crippen LogP contribution in [0, 0.1) is 0 Å². The predicted molar refractivity (Wildman–Crippen MR) is 140 cm³/mol. The van der Waals surface area contributed by atoms with Crippen molar-refractivity contribution in [3.05, 3.63) is 71.8 Å². The molecule has 11 heteroatoms. The Morgan fingerprint density at radius 2 is 1.42 bits per heavy atom. The van der Waals surface area contributed by atoms with Crippen LogP contribution in [0.15, 0.2) is 60.7 Å². The second-order valence-electron chi connectivity index (χ2n) is 9.50. The summed E-state index contributed by atoms with van der Waals surface area (Å²) in [4.78, 5) is 62.2. The number of amides is 5. The van der Waals surface area contributed by atoms with Gasteiger partial charge in [0.1, 0.15) is 5.60 Å². The normalized spacial score (nSPS) is 11.1. The van der Waals surface area contributed by atoms with E-state index in [0.29, 0.717) is 12.8 Å². The Bertz CT molecular complexity index is 1080. The lowest BCUT2D eigenvalue weighted by molar-refractivity contribution is -0.168. The summed E-state index contributed by atoms with van der Waals surface area (Å²) in [5.41, 5.74) is 8.35. The van der Waals surface area contributed by atoms with Gasteiger partial charge in [-0.3, -0.25) is 29.9 Å². The van der Waals surface area contributed by atoms with Crippen LogP contribution >= 0.6 is 0 Å². The molecule has 0 aromatic heterocycles. The van der Waals surface area contributed by atoms with Gasteiger partial charge in [0.25, 0.3) is 0 Å². The molecule has 11 nitrogen and oxygen atoms in total. The summed E-state index contributed by atoms with van der Waals surface area (Å²) >= 11 is 0. The number of carbonyl (C=O) groups is 5. The number of hydrazine groups is 2. The van der Waals surface area contributed by atoms with E-state index >= 15 is 0 Å². The lowest BCUT2D eigenvalue weighted by Crippen LogP contribution is -2.61. The van der Waals surface area contributed by atoms with E-state index in [1.807, 2.05) is 72.9 Å². The smallest absolute Gasteiger partial charge is 0.414 e. The zero-order chi connectivity index (χ0) is 28.3. The number of benzene rings is 2. The molecule has 0 radical (unpaired) electrons. The second kappa shape index (κ2) is 13.9. The van der Waals surface area contributed by atoms with Crippen molar-refractivity contribution in [3.63, 3.8) is 0 Å². The highest BCUT2D eigenvalue weighted by molar-refractivity contribution is 6.37. The van der Waals surface area contributed by atoms with Crippen molar-refractivity contribution < 1.29 is 28.7 Å². The standard InChI is InChI=1S/C27H35N5O6/c1-5-6-17-31(25(36)24(35)29-26(37)38-27(2,3)4)32(30-23(34)22(28)33)18-21(19-13-9-7-10-14-19)20-15-11-8-12-16-20/h7-16,21H,5-6,17-18H2,1-4H3,(H2,28,33)(H,30,34)(H,29,35,37). The lowest BCUT2D eigenvalue weighted by Gasteiger charge is -2.36. The number of rotatable bonds is 9. The van der Waals surface area contributed by atoms with Gasteiger partial charge in [0.05, 0.1) is 6.54 Å². The van der Waals surface area contributed by atoms with Crippen molar-refractivity contribution in [1.29, 1.82) is 0 Å². The molecule has 38 heavy (non-hydrogen) atoms. The predicted octanol–water partition coefficient (Wildman–Crippen LogP) is 2.23. The third-order valence-electron chi connectivity index (χ3n) is 5.27. The molecule has 0 heterocycles. The molecule has 0 fully saturated rings.